The van der Waals surface area contributed by atoms with Crippen LogP contribution in [0, 0.1) is 5.92 Å². The van der Waals surface area contributed by atoms with Crippen molar-refractivity contribution < 1.29 is 9.90 Å². The SMILES string of the molecule is O=C(C=Cc1cccc(O)c1)C1CC1. The van der Waals surface area contributed by atoms with E-state index >= 15 is 0 Å². The first-order chi connectivity index (χ1) is 6.75. The van der Waals surface area contributed by atoms with Crippen LogP contribution in [0.1, 0.15) is 18.4 Å². The number of hydrogen-bond donors (Lipinski definition) is 1. The zero-order valence-corrected chi connectivity index (χ0v) is 7.81. The van der Waals surface area contributed by atoms with Gasteiger partial charge in [-0.15, -0.1) is 0 Å². The quantitative estimate of drug-likeness (QED) is 0.739. The van der Waals surface area contributed by atoms with Crippen LogP contribution in [-0.4, -0.2) is 10.9 Å². The molecule has 1 aliphatic carbocycles. The van der Waals surface area contributed by atoms with Crippen LogP contribution in [0.25, 0.3) is 6.08 Å². The maximum atomic E-state index is 11.3. The van der Waals surface area contributed by atoms with Gasteiger partial charge in [0, 0.05) is 5.92 Å². The number of phenolic OH excluding ortho intramolecular Hbond substituents is 1. The maximum absolute atomic E-state index is 11.3. The van der Waals surface area contributed by atoms with Gasteiger partial charge in [-0.1, -0.05) is 18.2 Å². The Labute approximate surface area is 82.9 Å². The van der Waals surface area contributed by atoms with E-state index < -0.39 is 0 Å². The summed E-state index contributed by atoms with van der Waals surface area (Å²) in [6, 6.07) is 6.86. The van der Waals surface area contributed by atoms with Crippen LogP contribution in [0.2, 0.25) is 0 Å². The second-order valence-corrected chi connectivity index (χ2v) is 3.60. The van der Waals surface area contributed by atoms with Gasteiger partial charge in [-0.05, 0) is 36.6 Å². The molecule has 0 aromatic heterocycles. The molecule has 1 aliphatic rings. The van der Waals surface area contributed by atoms with Gasteiger partial charge in [0.2, 0.25) is 0 Å². The van der Waals surface area contributed by atoms with Crippen LogP contribution >= 0.6 is 0 Å². The Morgan fingerprint density at radius 1 is 1.43 bits per heavy atom. The normalized spacial score (nSPS) is 16.0. The van der Waals surface area contributed by atoms with Gasteiger partial charge in [-0.2, -0.15) is 0 Å². The van der Waals surface area contributed by atoms with E-state index in [1.165, 1.54) is 0 Å². The molecule has 0 spiro atoms. The number of ketones is 1. The summed E-state index contributed by atoms with van der Waals surface area (Å²) in [4.78, 5) is 11.3. The largest absolute Gasteiger partial charge is 0.508 e. The number of aromatic hydroxyl groups is 1. The van der Waals surface area contributed by atoms with Crippen molar-refractivity contribution in [1.29, 1.82) is 0 Å². The predicted octanol–water partition coefficient (Wildman–Crippen LogP) is 2.38. The number of rotatable bonds is 3. The van der Waals surface area contributed by atoms with E-state index in [2.05, 4.69) is 0 Å². The molecule has 2 heteroatoms. The zero-order chi connectivity index (χ0) is 9.97. The van der Waals surface area contributed by atoms with E-state index in [0.717, 1.165) is 18.4 Å². The molecule has 2 nitrogen and oxygen atoms in total. The third-order valence-electron chi connectivity index (χ3n) is 2.29. The smallest absolute Gasteiger partial charge is 0.158 e. The van der Waals surface area contributed by atoms with Gasteiger partial charge in [0.1, 0.15) is 5.75 Å². The van der Waals surface area contributed by atoms with Crippen LogP contribution < -0.4 is 0 Å². The van der Waals surface area contributed by atoms with Gasteiger partial charge in [0.15, 0.2) is 5.78 Å². The second-order valence-electron chi connectivity index (χ2n) is 3.60. The fourth-order valence-electron chi connectivity index (χ4n) is 1.31. The summed E-state index contributed by atoms with van der Waals surface area (Å²) in [6.07, 6.45) is 5.42. The fraction of sp³-hybridized carbons (Fsp3) is 0.250. The van der Waals surface area contributed by atoms with E-state index in [1.807, 2.05) is 6.07 Å². The van der Waals surface area contributed by atoms with Crippen molar-refractivity contribution in [3.63, 3.8) is 0 Å². The predicted molar refractivity (Wildman–Crippen MR) is 54.9 cm³/mol. The Morgan fingerprint density at radius 3 is 2.86 bits per heavy atom. The molecule has 2 rings (SSSR count). The van der Waals surface area contributed by atoms with Crippen molar-refractivity contribution in [3.8, 4) is 5.75 Å². The highest BCUT2D eigenvalue weighted by molar-refractivity contribution is 5.96. The number of phenols is 1. The van der Waals surface area contributed by atoms with Crippen molar-refractivity contribution in [2.75, 3.05) is 0 Å². The van der Waals surface area contributed by atoms with Crippen molar-refractivity contribution in [2.24, 2.45) is 5.92 Å². The summed E-state index contributed by atoms with van der Waals surface area (Å²) < 4.78 is 0. The molecule has 0 amide bonds. The van der Waals surface area contributed by atoms with Gasteiger partial charge in [0.05, 0.1) is 0 Å². The van der Waals surface area contributed by atoms with Crippen molar-refractivity contribution in [1.82, 2.24) is 0 Å². The first-order valence-corrected chi connectivity index (χ1v) is 4.76. The van der Waals surface area contributed by atoms with E-state index in [9.17, 15) is 9.90 Å². The molecule has 14 heavy (non-hydrogen) atoms. The number of benzene rings is 1. The lowest BCUT2D eigenvalue weighted by atomic mass is 10.1. The molecule has 0 bridgehead atoms. The second kappa shape index (κ2) is 3.66. The standard InChI is InChI=1S/C12H12O2/c13-11-3-1-2-9(8-11)4-7-12(14)10-5-6-10/h1-4,7-8,10,13H,5-6H2. The molecule has 0 unspecified atom stereocenters. The summed E-state index contributed by atoms with van der Waals surface area (Å²) in [5.74, 6) is 0.697. The Balaban J connectivity index is 2.05. The van der Waals surface area contributed by atoms with Gasteiger partial charge < -0.3 is 5.11 Å². The molecule has 1 aromatic carbocycles. The first-order valence-electron chi connectivity index (χ1n) is 4.76. The summed E-state index contributed by atoms with van der Waals surface area (Å²) in [5.41, 5.74) is 0.860. The highest BCUT2D eigenvalue weighted by Gasteiger charge is 2.27. The van der Waals surface area contributed by atoms with Gasteiger partial charge in [-0.3, -0.25) is 4.79 Å². The molecule has 0 aliphatic heterocycles. The van der Waals surface area contributed by atoms with Crippen LogP contribution in [0.4, 0.5) is 0 Å². The van der Waals surface area contributed by atoms with Crippen molar-refractivity contribution in [2.45, 2.75) is 12.8 Å². The average Bonchev–Trinajstić information content (AvgIpc) is 2.97. The lowest BCUT2D eigenvalue weighted by Gasteiger charge is -1.94. The van der Waals surface area contributed by atoms with Gasteiger partial charge in [-0.25, -0.2) is 0 Å². The fourth-order valence-corrected chi connectivity index (χ4v) is 1.31. The molecule has 1 aromatic rings. The zero-order valence-electron chi connectivity index (χ0n) is 7.81. The third kappa shape index (κ3) is 2.22. The van der Waals surface area contributed by atoms with E-state index in [-0.39, 0.29) is 17.5 Å². The Hall–Kier alpha value is -1.57. The molecule has 0 heterocycles. The minimum Gasteiger partial charge on any atom is -0.508 e. The van der Waals surface area contributed by atoms with E-state index in [0.29, 0.717) is 0 Å². The summed E-state index contributed by atoms with van der Waals surface area (Å²) in [6.45, 7) is 0. The van der Waals surface area contributed by atoms with Gasteiger partial charge >= 0.3 is 0 Å². The Bertz CT molecular complexity index is 376. The highest BCUT2D eigenvalue weighted by atomic mass is 16.3. The van der Waals surface area contributed by atoms with E-state index in [1.54, 1.807) is 30.4 Å². The minimum atomic E-state index is 0.202. The lowest BCUT2D eigenvalue weighted by molar-refractivity contribution is -0.115. The maximum Gasteiger partial charge on any atom is 0.158 e. The number of carbonyl (C=O) groups excluding carboxylic acids is 1. The van der Waals surface area contributed by atoms with Gasteiger partial charge in [0.25, 0.3) is 0 Å². The Morgan fingerprint density at radius 2 is 2.21 bits per heavy atom. The topological polar surface area (TPSA) is 37.3 Å². The molecular weight excluding hydrogens is 176 g/mol. The Kier molecular flexibility index (Phi) is 2.35. The monoisotopic (exact) mass is 188 g/mol. The number of allylic oxidation sites excluding steroid dienone is 1. The van der Waals surface area contributed by atoms with Crippen molar-refractivity contribution in [3.05, 3.63) is 35.9 Å². The van der Waals surface area contributed by atoms with Crippen LogP contribution in [0.5, 0.6) is 5.75 Å². The summed E-state index contributed by atoms with van der Waals surface area (Å²) in [7, 11) is 0. The number of carbonyl (C=O) groups is 1. The average molecular weight is 188 g/mol. The highest BCUT2D eigenvalue weighted by Crippen LogP contribution is 2.30. The van der Waals surface area contributed by atoms with Crippen molar-refractivity contribution >= 4 is 11.9 Å². The molecule has 1 fully saturated rings. The lowest BCUT2D eigenvalue weighted by Crippen LogP contribution is -1.93. The molecular formula is C12H12O2. The van der Waals surface area contributed by atoms with Crippen LogP contribution in [0.3, 0.4) is 0 Å². The minimum absolute atomic E-state index is 0.202. The number of hydrogen-bond acceptors (Lipinski definition) is 2. The molecule has 0 atom stereocenters. The molecule has 1 N–H and O–H groups in total. The molecule has 1 saturated carbocycles. The third-order valence-corrected chi connectivity index (χ3v) is 2.29. The molecule has 0 radical (unpaired) electrons. The summed E-state index contributed by atoms with van der Waals surface area (Å²) >= 11 is 0. The molecule has 0 saturated heterocycles. The first kappa shape index (κ1) is 9.00. The van der Waals surface area contributed by atoms with Crippen LogP contribution in [-0.2, 0) is 4.79 Å². The van der Waals surface area contributed by atoms with Crippen LogP contribution in [0.15, 0.2) is 30.3 Å². The molecule has 72 valence electrons. The summed E-state index contributed by atoms with van der Waals surface area (Å²) in [5, 5.41) is 9.18. The van der Waals surface area contributed by atoms with E-state index in [4.69, 9.17) is 0 Å².